The van der Waals surface area contributed by atoms with Gasteiger partial charge in [0.2, 0.25) is 29.5 Å². The van der Waals surface area contributed by atoms with Gasteiger partial charge in [0.25, 0.3) is 0 Å². The van der Waals surface area contributed by atoms with Crippen molar-refractivity contribution in [2.45, 2.75) is 104 Å². The normalized spacial score (nSPS) is 27.7. The zero-order chi connectivity index (χ0) is 31.8. The molecule has 2 bridgehead atoms. The molecule has 0 unspecified atom stereocenters. The number of hydrogen-bond acceptors (Lipinski definition) is 7. The van der Waals surface area contributed by atoms with Crippen molar-refractivity contribution in [2.75, 3.05) is 13.2 Å². The van der Waals surface area contributed by atoms with E-state index in [1.165, 1.54) is 4.90 Å². The Balaban J connectivity index is 1.96. The maximum atomic E-state index is 13.6. The molecule has 0 aliphatic carbocycles. The minimum Gasteiger partial charge on any atom is -0.491 e. The molecule has 3 heterocycles. The van der Waals surface area contributed by atoms with Gasteiger partial charge in [-0.3, -0.25) is 24.0 Å². The first-order valence-electron chi connectivity index (χ1n) is 15.2. The second-order valence-corrected chi connectivity index (χ2v) is 12.3. The van der Waals surface area contributed by atoms with E-state index in [0.29, 0.717) is 12.2 Å². The van der Waals surface area contributed by atoms with Crippen LogP contribution in [-0.2, 0) is 30.4 Å². The summed E-state index contributed by atoms with van der Waals surface area (Å²) in [6.07, 6.45) is 0.104. The second-order valence-electron chi connectivity index (χ2n) is 12.3. The van der Waals surface area contributed by atoms with Crippen molar-refractivity contribution in [1.29, 1.82) is 0 Å². The highest BCUT2D eigenvalue weighted by atomic mass is 16.5. The first kappa shape index (κ1) is 33.8. The van der Waals surface area contributed by atoms with Gasteiger partial charge in [-0.25, -0.2) is 0 Å². The molecule has 43 heavy (non-hydrogen) atoms. The molecule has 0 aromatic heterocycles. The fourth-order valence-corrected chi connectivity index (χ4v) is 5.26. The fraction of sp³-hybridized carbons (Fsp3) is 0.645. The molecule has 6 atom stereocenters. The van der Waals surface area contributed by atoms with Crippen LogP contribution in [0.5, 0.6) is 5.75 Å². The molecule has 5 N–H and O–H groups in total. The van der Waals surface area contributed by atoms with Gasteiger partial charge in [0.1, 0.15) is 36.5 Å². The van der Waals surface area contributed by atoms with Crippen LogP contribution in [-0.4, -0.2) is 89.0 Å². The van der Waals surface area contributed by atoms with Crippen LogP contribution in [0, 0.1) is 11.8 Å². The third-order valence-electron chi connectivity index (χ3n) is 7.71. The SMILES string of the molecule is CC[C@@H]1NC(=O)[C@@H](NC(=O)C(C)C)Cc2ccc(cc2)OC[C@H](CC(C)C)NC(=O)[C@@H](C)NC(=O)[C@@H]2C[C@@H](O)CN2C1=O. The number of ether oxygens (including phenoxy) is 1. The van der Waals surface area contributed by atoms with Crippen LogP contribution in [0.2, 0.25) is 0 Å². The van der Waals surface area contributed by atoms with Crippen LogP contribution in [0.25, 0.3) is 0 Å². The largest absolute Gasteiger partial charge is 0.491 e. The number of carbonyl (C=O) groups is 5. The summed E-state index contributed by atoms with van der Waals surface area (Å²) in [7, 11) is 0. The van der Waals surface area contributed by atoms with Gasteiger partial charge in [-0.2, -0.15) is 0 Å². The van der Waals surface area contributed by atoms with Gasteiger partial charge in [0.15, 0.2) is 0 Å². The van der Waals surface area contributed by atoms with Crippen molar-refractivity contribution in [1.82, 2.24) is 26.2 Å². The number of amides is 5. The molecule has 4 rings (SSSR count). The number of fused-ring (bicyclic) bond motifs is 14. The third kappa shape index (κ3) is 9.41. The molecule has 3 aliphatic rings. The molecule has 1 aromatic rings. The van der Waals surface area contributed by atoms with E-state index in [0.717, 1.165) is 5.56 Å². The van der Waals surface area contributed by atoms with Crippen LogP contribution in [0.15, 0.2) is 24.3 Å². The van der Waals surface area contributed by atoms with Crippen LogP contribution in [0.3, 0.4) is 0 Å². The van der Waals surface area contributed by atoms with Crippen molar-refractivity contribution in [3.63, 3.8) is 0 Å². The molecule has 238 valence electrons. The maximum Gasteiger partial charge on any atom is 0.245 e. The van der Waals surface area contributed by atoms with Gasteiger partial charge in [0.05, 0.1) is 12.1 Å². The highest BCUT2D eigenvalue weighted by molar-refractivity contribution is 5.96. The molecule has 5 amide bonds. The lowest BCUT2D eigenvalue weighted by molar-refractivity contribution is -0.142. The van der Waals surface area contributed by atoms with E-state index < -0.39 is 53.9 Å². The highest BCUT2D eigenvalue weighted by Gasteiger charge is 2.42. The van der Waals surface area contributed by atoms with Crippen molar-refractivity contribution < 1.29 is 33.8 Å². The van der Waals surface area contributed by atoms with Gasteiger partial charge in [0, 0.05) is 25.3 Å². The summed E-state index contributed by atoms with van der Waals surface area (Å²) in [6, 6.07) is 2.95. The monoisotopic (exact) mass is 601 g/mol. The molecule has 12 heteroatoms. The van der Waals surface area contributed by atoms with Crippen LogP contribution in [0.4, 0.5) is 0 Å². The minimum absolute atomic E-state index is 0.00276. The first-order valence-corrected chi connectivity index (χ1v) is 15.2. The Morgan fingerprint density at radius 1 is 1.02 bits per heavy atom. The number of hydrogen-bond donors (Lipinski definition) is 5. The van der Waals surface area contributed by atoms with E-state index in [2.05, 4.69) is 21.3 Å². The number of nitrogens with zero attached hydrogens (tertiary/aromatic N) is 1. The minimum atomic E-state index is -1.02. The van der Waals surface area contributed by atoms with Crippen molar-refractivity contribution >= 4 is 29.5 Å². The third-order valence-corrected chi connectivity index (χ3v) is 7.71. The van der Waals surface area contributed by atoms with Crippen molar-refractivity contribution in [3.8, 4) is 5.75 Å². The predicted octanol–water partition coefficient (Wildman–Crippen LogP) is 0.655. The zero-order valence-corrected chi connectivity index (χ0v) is 26.0. The Kier molecular flexibility index (Phi) is 11.9. The quantitative estimate of drug-likeness (QED) is 0.309. The summed E-state index contributed by atoms with van der Waals surface area (Å²) in [6.45, 7) is 10.9. The van der Waals surface area contributed by atoms with Crippen LogP contribution >= 0.6 is 0 Å². The van der Waals surface area contributed by atoms with Gasteiger partial charge >= 0.3 is 0 Å². The Morgan fingerprint density at radius 2 is 1.70 bits per heavy atom. The van der Waals surface area contributed by atoms with Gasteiger partial charge in [-0.1, -0.05) is 46.8 Å². The topological polar surface area (TPSA) is 166 Å². The summed E-state index contributed by atoms with van der Waals surface area (Å²) in [5, 5.41) is 21.6. The highest BCUT2D eigenvalue weighted by Crippen LogP contribution is 2.21. The van der Waals surface area contributed by atoms with E-state index in [1.54, 1.807) is 39.8 Å². The molecular formula is C31H47N5O7. The lowest BCUT2D eigenvalue weighted by Crippen LogP contribution is -2.58. The summed E-state index contributed by atoms with van der Waals surface area (Å²) >= 11 is 0. The second kappa shape index (κ2) is 15.2. The van der Waals surface area contributed by atoms with E-state index in [-0.39, 0.29) is 56.2 Å². The summed E-state index contributed by atoms with van der Waals surface area (Å²) in [4.78, 5) is 67.4. The Bertz CT molecular complexity index is 1160. The number of nitrogens with one attached hydrogen (secondary N) is 4. The van der Waals surface area contributed by atoms with Crippen molar-refractivity contribution in [3.05, 3.63) is 29.8 Å². The molecule has 0 spiro atoms. The molecule has 0 radical (unpaired) electrons. The van der Waals surface area contributed by atoms with E-state index >= 15 is 0 Å². The average molecular weight is 602 g/mol. The first-order chi connectivity index (χ1) is 20.3. The Morgan fingerprint density at radius 3 is 2.30 bits per heavy atom. The van der Waals surface area contributed by atoms with Crippen LogP contribution < -0.4 is 26.0 Å². The number of carbonyl (C=O) groups excluding carboxylic acids is 5. The Hall–Kier alpha value is -3.67. The number of rotatable bonds is 5. The zero-order valence-electron chi connectivity index (χ0n) is 26.0. The molecule has 1 saturated heterocycles. The Labute approximate surface area is 253 Å². The van der Waals surface area contributed by atoms with E-state index in [9.17, 15) is 29.1 Å². The van der Waals surface area contributed by atoms with Gasteiger partial charge in [-0.05, 0) is 43.4 Å². The fourth-order valence-electron chi connectivity index (χ4n) is 5.26. The maximum absolute atomic E-state index is 13.6. The molecule has 3 aliphatic heterocycles. The van der Waals surface area contributed by atoms with Crippen LogP contribution in [0.1, 0.15) is 66.4 Å². The summed E-state index contributed by atoms with van der Waals surface area (Å²) < 4.78 is 5.99. The molecule has 1 aromatic carbocycles. The van der Waals surface area contributed by atoms with E-state index in [1.807, 2.05) is 26.0 Å². The van der Waals surface area contributed by atoms with Gasteiger partial charge in [-0.15, -0.1) is 0 Å². The molecular weight excluding hydrogens is 554 g/mol. The number of aliphatic hydroxyl groups is 1. The lowest BCUT2D eigenvalue weighted by atomic mass is 10.0. The number of aliphatic hydroxyl groups excluding tert-OH is 1. The number of benzene rings is 1. The van der Waals surface area contributed by atoms with Gasteiger partial charge < -0.3 is 36.0 Å². The molecule has 0 saturated carbocycles. The van der Waals surface area contributed by atoms with Crippen molar-refractivity contribution in [2.24, 2.45) is 11.8 Å². The molecule has 1 fully saturated rings. The van der Waals surface area contributed by atoms with E-state index in [4.69, 9.17) is 4.74 Å². The summed E-state index contributed by atoms with van der Waals surface area (Å²) in [5.41, 5.74) is 0.769. The standard InChI is InChI=1S/C31H47N5O7/c1-7-24-31(42)36-15-22(37)14-26(36)30(41)32-19(6)28(39)33-21(12-17(2)3)16-43-23-10-8-20(9-11-23)13-25(29(40)34-24)35-27(38)18(4)5/h8-11,17-19,21-22,24-26,37H,7,12-16H2,1-6H3,(H,32,41)(H,33,39)(H,34,40)(H,35,38)/t19-,21+,22-,24+,25+,26+/m1/s1. The molecule has 12 nitrogen and oxygen atoms in total. The smallest absolute Gasteiger partial charge is 0.245 e. The predicted molar refractivity (Wildman–Crippen MR) is 160 cm³/mol. The summed E-state index contributed by atoms with van der Waals surface area (Å²) in [5.74, 6) is -1.84. The lowest BCUT2D eigenvalue weighted by Gasteiger charge is -2.30. The average Bonchev–Trinajstić information content (AvgIpc) is 3.35.